The predicted octanol–water partition coefficient (Wildman–Crippen LogP) is -5.66. The van der Waals surface area contributed by atoms with Crippen LogP contribution in [-0.2, 0) is 28.6 Å². The van der Waals surface area contributed by atoms with Gasteiger partial charge in [-0.3, -0.25) is 9.59 Å². The van der Waals surface area contributed by atoms with E-state index in [1.165, 1.54) is 20.8 Å². The zero-order valence-corrected chi connectivity index (χ0v) is 19.3. The zero-order valence-electron chi connectivity index (χ0n) is 19.3. The maximum absolute atomic E-state index is 11.1. The smallest absolute Gasteiger partial charge is 0.332 e. The van der Waals surface area contributed by atoms with Crippen LogP contribution in [0.5, 0.6) is 0 Å². The van der Waals surface area contributed by atoms with Crippen LogP contribution in [0.2, 0.25) is 0 Å². The van der Waals surface area contributed by atoms with E-state index in [2.05, 4.69) is 10.6 Å². The highest BCUT2D eigenvalue weighted by molar-refractivity contribution is 5.74. The number of carbonyl (C=O) groups excluding carboxylic acids is 2. The third kappa shape index (κ3) is 8.57. The lowest BCUT2D eigenvalue weighted by molar-refractivity contribution is -0.267. The van der Waals surface area contributed by atoms with Crippen molar-refractivity contribution in [2.75, 3.05) is 13.2 Å². The minimum atomic E-state index is -1.54. The van der Waals surface area contributed by atoms with Gasteiger partial charge in [0.1, 0.15) is 48.7 Å². The molecular formula is C19H34N2O14. The van der Waals surface area contributed by atoms with Crippen molar-refractivity contribution in [3.63, 3.8) is 0 Å². The number of amides is 2. The molecule has 2 amide bonds. The Morgan fingerprint density at radius 3 is 1.66 bits per heavy atom. The fourth-order valence-electron chi connectivity index (χ4n) is 3.42. The van der Waals surface area contributed by atoms with Crippen molar-refractivity contribution in [1.29, 1.82) is 0 Å². The summed E-state index contributed by atoms with van der Waals surface area (Å²) in [6.07, 6.45) is -11.8. The van der Waals surface area contributed by atoms with Crippen molar-refractivity contribution in [2.24, 2.45) is 0 Å². The Kier molecular flexibility index (Phi) is 12.4. The van der Waals surface area contributed by atoms with E-state index in [9.17, 15) is 39.9 Å². The van der Waals surface area contributed by atoms with Crippen LogP contribution in [0.1, 0.15) is 20.8 Å². The lowest BCUT2D eigenvalue weighted by Crippen LogP contribution is -2.65. The molecular weight excluding hydrogens is 480 g/mol. The summed E-state index contributed by atoms with van der Waals surface area (Å²) >= 11 is 0. The van der Waals surface area contributed by atoms with Gasteiger partial charge in [-0.15, -0.1) is 0 Å². The SMILES string of the molecule is CC(=O)N[C@H]1C(O)O[C@H](CO)[C@@H](O)[C@@H]1O[C@H](C)C(=O)O.CC(=O)N[C@H]1C(O)O[C@H](CO)[C@H](O)[C@@H]1O. The third-order valence-corrected chi connectivity index (χ3v) is 5.22. The topological polar surface area (TPSA) is 265 Å². The van der Waals surface area contributed by atoms with Crippen molar-refractivity contribution >= 4 is 17.8 Å². The number of hydrogen-bond acceptors (Lipinski definition) is 13. The summed E-state index contributed by atoms with van der Waals surface area (Å²) in [4.78, 5) is 32.6. The van der Waals surface area contributed by atoms with Gasteiger partial charge in [0.2, 0.25) is 11.8 Å². The molecule has 2 unspecified atom stereocenters. The van der Waals surface area contributed by atoms with Crippen LogP contribution >= 0.6 is 0 Å². The van der Waals surface area contributed by atoms with Gasteiger partial charge in [0, 0.05) is 13.8 Å². The average Bonchev–Trinajstić information content (AvgIpc) is 2.78. The summed E-state index contributed by atoms with van der Waals surface area (Å²) in [6, 6.07) is -2.24. The number of ether oxygens (including phenoxy) is 3. The molecule has 0 bridgehead atoms. The Hall–Kier alpha value is -1.99. The van der Waals surface area contributed by atoms with E-state index < -0.39 is 98.4 Å². The summed E-state index contributed by atoms with van der Waals surface area (Å²) in [6.45, 7) is 2.53. The molecule has 35 heavy (non-hydrogen) atoms. The first-order valence-corrected chi connectivity index (χ1v) is 10.6. The Balaban J connectivity index is 0.000000365. The number of nitrogens with one attached hydrogen (secondary N) is 2. The average molecular weight is 514 g/mol. The van der Waals surface area contributed by atoms with E-state index in [1.54, 1.807) is 0 Å². The Morgan fingerprint density at radius 2 is 1.23 bits per heavy atom. The summed E-state index contributed by atoms with van der Waals surface area (Å²) in [5.74, 6) is -2.24. The zero-order chi connectivity index (χ0) is 27.0. The normalized spacial score (nSPS) is 37.9. The number of carboxylic acid groups (broad SMARTS) is 1. The number of aliphatic carboxylic acids is 1. The van der Waals surface area contributed by atoms with E-state index in [1.807, 2.05) is 0 Å². The van der Waals surface area contributed by atoms with E-state index in [-0.39, 0.29) is 0 Å². The number of carboxylic acids is 1. The molecule has 0 aliphatic carbocycles. The Morgan fingerprint density at radius 1 is 0.800 bits per heavy atom. The minimum Gasteiger partial charge on any atom is -0.479 e. The van der Waals surface area contributed by atoms with Crippen LogP contribution < -0.4 is 10.6 Å². The second kappa shape index (κ2) is 13.9. The maximum Gasteiger partial charge on any atom is 0.332 e. The van der Waals surface area contributed by atoms with E-state index in [0.29, 0.717) is 0 Å². The number of aliphatic hydroxyl groups is 7. The van der Waals surface area contributed by atoms with Crippen molar-refractivity contribution in [2.45, 2.75) is 88.2 Å². The number of hydrogen-bond donors (Lipinski definition) is 10. The standard InChI is InChI=1S/C11H19NO8.C8H15NO6/c1-4(10(16)17)19-9-7(12-5(2)14)11(18)20-6(3-13)8(9)15;1-3(11)9-5-7(13)6(12)4(2-10)15-8(5)14/h4,6-9,11,13,15,18H,3H2,1-2H3,(H,12,14)(H,16,17);4-8,10,12-14H,2H2,1H3,(H,9,11)/t4-,6-,7-,8-,9-,11?;4-,5-,6+,7-,8?/m11/s1. The Labute approximate surface area is 200 Å². The van der Waals surface area contributed by atoms with E-state index >= 15 is 0 Å². The number of carbonyl (C=O) groups is 3. The van der Waals surface area contributed by atoms with Crippen LogP contribution in [0.4, 0.5) is 0 Å². The van der Waals surface area contributed by atoms with Crippen LogP contribution in [0, 0.1) is 0 Å². The molecule has 0 spiro atoms. The van der Waals surface area contributed by atoms with Gasteiger partial charge in [0.25, 0.3) is 0 Å². The summed E-state index contributed by atoms with van der Waals surface area (Å²) in [7, 11) is 0. The molecule has 0 aromatic heterocycles. The molecule has 2 fully saturated rings. The molecule has 2 rings (SSSR count). The van der Waals surface area contributed by atoms with Crippen molar-refractivity contribution in [3.05, 3.63) is 0 Å². The molecule has 2 saturated heterocycles. The molecule has 10 N–H and O–H groups in total. The quantitative estimate of drug-likeness (QED) is 0.152. The third-order valence-electron chi connectivity index (χ3n) is 5.22. The summed E-state index contributed by atoms with van der Waals surface area (Å²) < 4.78 is 14.9. The largest absolute Gasteiger partial charge is 0.479 e. The molecule has 0 saturated carbocycles. The highest BCUT2D eigenvalue weighted by atomic mass is 16.6. The molecule has 204 valence electrons. The monoisotopic (exact) mass is 514 g/mol. The molecule has 0 aromatic carbocycles. The van der Waals surface area contributed by atoms with Crippen LogP contribution in [0.15, 0.2) is 0 Å². The minimum absolute atomic E-state index is 0.462. The Bertz CT molecular complexity index is 711. The van der Waals surface area contributed by atoms with Gasteiger partial charge in [0.05, 0.1) is 13.2 Å². The van der Waals surface area contributed by atoms with Gasteiger partial charge in [-0.1, -0.05) is 0 Å². The van der Waals surface area contributed by atoms with Crippen molar-refractivity contribution in [1.82, 2.24) is 10.6 Å². The molecule has 2 heterocycles. The highest BCUT2D eigenvalue weighted by Gasteiger charge is 2.47. The summed E-state index contributed by atoms with van der Waals surface area (Å²) in [5, 5.41) is 79.4. The van der Waals surface area contributed by atoms with Crippen molar-refractivity contribution < 1.29 is 69.4 Å². The van der Waals surface area contributed by atoms with Gasteiger partial charge in [-0.25, -0.2) is 4.79 Å². The van der Waals surface area contributed by atoms with Crippen LogP contribution in [-0.4, -0.2) is 139 Å². The fraction of sp³-hybridized carbons (Fsp3) is 0.842. The van der Waals surface area contributed by atoms with Gasteiger partial charge in [0.15, 0.2) is 18.7 Å². The van der Waals surface area contributed by atoms with Gasteiger partial charge < -0.3 is 65.7 Å². The first-order chi connectivity index (χ1) is 16.2. The number of rotatable bonds is 7. The molecule has 16 heteroatoms. The second-order valence-corrected chi connectivity index (χ2v) is 8.00. The van der Waals surface area contributed by atoms with Crippen LogP contribution in [0.3, 0.4) is 0 Å². The maximum atomic E-state index is 11.1. The lowest BCUT2D eigenvalue weighted by Gasteiger charge is -2.42. The molecule has 0 radical (unpaired) electrons. The van der Waals surface area contributed by atoms with E-state index in [4.69, 9.17) is 29.5 Å². The molecule has 2 aliphatic heterocycles. The summed E-state index contributed by atoms with van der Waals surface area (Å²) in [5.41, 5.74) is 0. The van der Waals surface area contributed by atoms with Crippen molar-refractivity contribution in [3.8, 4) is 0 Å². The van der Waals surface area contributed by atoms with Gasteiger partial charge >= 0.3 is 5.97 Å². The molecule has 2 aliphatic rings. The molecule has 11 atom stereocenters. The van der Waals surface area contributed by atoms with Gasteiger partial charge in [-0.2, -0.15) is 0 Å². The second-order valence-electron chi connectivity index (χ2n) is 8.00. The molecule has 16 nitrogen and oxygen atoms in total. The first-order valence-electron chi connectivity index (χ1n) is 10.6. The fourth-order valence-corrected chi connectivity index (χ4v) is 3.42. The molecule has 0 aromatic rings. The van der Waals surface area contributed by atoms with E-state index in [0.717, 1.165) is 0 Å². The van der Waals surface area contributed by atoms with Gasteiger partial charge in [-0.05, 0) is 6.92 Å². The lowest BCUT2D eigenvalue weighted by atomic mass is 9.96. The van der Waals surface area contributed by atoms with Crippen LogP contribution in [0.25, 0.3) is 0 Å². The highest BCUT2D eigenvalue weighted by Crippen LogP contribution is 2.24. The first kappa shape index (κ1) is 31.0. The number of aliphatic hydroxyl groups excluding tert-OH is 7. The predicted molar refractivity (Wildman–Crippen MR) is 111 cm³/mol.